The molecule has 0 radical (unpaired) electrons. The second-order valence-corrected chi connectivity index (χ2v) is 7.74. The van der Waals surface area contributed by atoms with E-state index >= 15 is 0 Å². The fourth-order valence-corrected chi connectivity index (χ4v) is 4.15. The van der Waals surface area contributed by atoms with E-state index in [1.165, 1.54) is 11.4 Å². The zero-order valence-electron chi connectivity index (χ0n) is 14.8. The van der Waals surface area contributed by atoms with Gasteiger partial charge in [0.05, 0.1) is 26.8 Å². The number of hydrogen-bond acceptors (Lipinski definition) is 6. The van der Waals surface area contributed by atoms with Crippen LogP contribution in [0.2, 0.25) is 5.02 Å². The molecule has 3 heterocycles. The Kier molecular flexibility index (Phi) is 5.17. The Hall–Kier alpha value is -2.67. The summed E-state index contributed by atoms with van der Waals surface area (Å²) in [6, 6.07) is 6.99. The van der Waals surface area contributed by atoms with E-state index in [0.717, 1.165) is 48.2 Å². The number of nitriles is 1. The van der Waals surface area contributed by atoms with Crippen LogP contribution in [0.15, 0.2) is 29.8 Å². The van der Waals surface area contributed by atoms with Crippen molar-refractivity contribution in [1.82, 2.24) is 15.3 Å². The molecule has 29 heavy (non-hydrogen) atoms. The molecule has 0 amide bonds. The van der Waals surface area contributed by atoms with E-state index in [1.54, 1.807) is 0 Å². The van der Waals surface area contributed by atoms with Gasteiger partial charge in [0.1, 0.15) is 11.6 Å². The van der Waals surface area contributed by atoms with Crippen LogP contribution in [0.1, 0.15) is 22.3 Å². The Balaban J connectivity index is 1.74. The minimum absolute atomic E-state index is 0.00399. The number of nitrogens with zero attached hydrogens (tertiary/aromatic N) is 3. The lowest BCUT2D eigenvalue weighted by molar-refractivity contribution is -0.137. The van der Waals surface area contributed by atoms with Crippen LogP contribution in [0.25, 0.3) is 10.6 Å². The van der Waals surface area contributed by atoms with Crippen molar-refractivity contribution in [2.24, 2.45) is 0 Å². The summed E-state index contributed by atoms with van der Waals surface area (Å²) in [6.45, 7) is 1.56. The second-order valence-electron chi connectivity index (χ2n) is 6.42. The Labute approximate surface area is 173 Å². The number of hydrogen-bond donors (Lipinski definition) is 2. The molecule has 2 aromatic heterocycles. The number of halogens is 4. The Morgan fingerprint density at radius 2 is 2.07 bits per heavy atom. The van der Waals surface area contributed by atoms with Gasteiger partial charge in [0.25, 0.3) is 0 Å². The molecule has 148 valence electrons. The first-order valence-electron chi connectivity index (χ1n) is 8.57. The maximum atomic E-state index is 13.4. The van der Waals surface area contributed by atoms with Gasteiger partial charge in [0.2, 0.25) is 5.95 Å². The lowest BCUT2D eigenvalue weighted by atomic mass is 10.0. The van der Waals surface area contributed by atoms with Crippen molar-refractivity contribution in [3.63, 3.8) is 0 Å². The molecule has 0 spiro atoms. The number of nitrogens with one attached hydrogen (secondary N) is 2. The van der Waals surface area contributed by atoms with Gasteiger partial charge in [-0.25, -0.2) is 9.97 Å². The first kappa shape index (κ1) is 19.6. The predicted molar refractivity (Wildman–Crippen MR) is 105 cm³/mol. The van der Waals surface area contributed by atoms with Gasteiger partial charge in [-0.3, -0.25) is 0 Å². The average molecular weight is 436 g/mol. The number of alkyl halides is 3. The van der Waals surface area contributed by atoms with Crippen molar-refractivity contribution < 1.29 is 13.2 Å². The zero-order valence-corrected chi connectivity index (χ0v) is 16.3. The molecule has 1 aliphatic heterocycles. The third-order valence-electron chi connectivity index (χ3n) is 4.48. The minimum atomic E-state index is -4.62. The smallest absolute Gasteiger partial charge is 0.323 e. The highest BCUT2D eigenvalue weighted by Gasteiger charge is 2.36. The molecule has 4 rings (SSSR count). The normalized spacial score (nSPS) is 13.6. The highest BCUT2D eigenvalue weighted by molar-refractivity contribution is 7.13. The Bertz CT molecular complexity index is 1120. The molecular weight excluding hydrogens is 423 g/mol. The molecule has 3 aromatic rings. The first-order valence-corrected chi connectivity index (χ1v) is 9.83. The van der Waals surface area contributed by atoms with Gasteiger partial charge in [-0.1, -0.05) is 11.6 Å². The van der Waals surface area contributed by atoms with Crippen molar-refractivity contribution in [3.05, 3.63) is 57.1 Å². The third-order valence-corrected chi connectivity index (χ3v) is 5.73. The van der Waals surface area contributed by atoms with Crippen LogP contribution in [0.5, 0.6) is 0 Å². The summed E-state index contributed by atoms with van der Waals surface area (Å²) in [5.74, 6) is -0.00399. The molecule has 0 unspecified atom stereocenters. The lowest BCUT2D eigenvalue weighted by Gasteiger charge is -2.19. The van der Waals surface area contributed by atoms with Gasteiger partial charge >= 0.3 is 6.18 Å². The maximum Gasteiger partial charge on any atom is 0.420 e. The first-order chi connectivity index (χ1) is 13.8. The van der Waals surface area contributed by atoms with E-state index in [1.807, 2.05) is 18.2 Å². The molecule has 0 bridgehead atoms. The van der Waals surface area contributed by atoms with Crippen LogP contribution >= 0.6 is 22.9 Å². The number of anilines is 2. The van der Waals surface area contributed by atoms with Gasteiger partial charge in [-0.2, -0.15) is 18.4 Å². The number of thiophene rings is 1. The van der Waals surface area contributed by atoms with Crippen LogP contribution in [0.3, 0.4) is 0 Å². The molecule has 0 saturated carbocycles. The number of aromatic nitrogens is 2. The number of fused-ring (bicyclic) bond motifs is 1. The van der Waals surface area contributed by atoms with E-state index in [0.29, 0.717) is 10.7 Å². The van der Waals surface area contributed by atoms with E-state index in [4.69, 9.17) is 16.9 Å². The molecular formula is C19H13ClF3N5S. The third kappa shape index (κ3) is 4.05. The zero-order chi connectivity index (χ0) is 20.6. The average Bonchev–Trinajstić information content (AvgIpc) is 3.17. The van der Waals surface area contributed by atoms with Crippen molar-refractivity contribution in [2.45, 2.75) is 19.1 Å². The Morgan fingerprint density at radius 3 is 2.79 bits per heavy atom. The van der Waals surface area contributed by atoms with Gasteiger partial charge in [0.15, 0.2) is 0 Å². The van der Waals surface area contributed by atoms with Gasteiger partial charge < -0.3 is 10.6 Å². The summed E-state index contributed by atoms with van der Waals surface area (Å²) in [5, 5.41) is 17.1. The lowest BCUT2D eigenvalue weighted by Crippen LogP contribution is -2.23. The molecule has 0 fully saturated rings. The molecule has 0 saturated heterocycles. The molecule has 0 aliphatic carbocycles. The second kappa shape index (κ2) is 7.63. The van der Waals surface area contributed by atoms with Crippen molar-refractivity contribution >= 4 is 34.6 Å². The summed E-state index contributed by atoms with van der Waals surface area (Å²) in [7, 11) is 0. The summed E-state index contributed by atoms with van der Waals surface area (Å²) in [5.41, 5.74) is 1.76. The quantitative estimate of drug-likeness (QED) is 0.596. The van der Waals surface area contributed by atoms with Crippen LogP contribution in [0, 0.1) is 11.3 Å². The fraction of sp³-hybridized carbons (Fsp3) is 0.211. The van der Waals surface area contributed by atoms with E-state index in [-0.39, 0.29) is 22.1 Å². The summed E-state index contributed by atoms with van der Waals surface area (Å²) >= 11 is 7.35. The largest absolute Gasteiger partial charge is 0.420 e. The van der Waals surface area contributed by atoms with E-state index in [2.05, 4.69) is 20.6 Å². The molecule has 0 atom stereocenters. The SMILES string of the molecule is N#Cc1csc(-c2nc(Nc3cc4c(cc3Cl)CNCC4)ncc2C(F)(F)F)c1. The van der Waals surface area contributed by atoms with Gasteiger partial charge in [-0.05, 0) is 42.3 Å². The summed E-state index contributed by atoms with van der Waals surface area (Å²) in [4.78, 5) is 8.16. The van der Waals surface area contributed by atoms with Crippen LogP contribution < -0.4 is 10.6 Å². The monoisotopic (exact) mass is 435 g/mol. The van der Waals surface area contributed by atoms with E-state index in [9.17, 15) is 13.2 Å². The van der Waals surface area contributed by atoms with Crippen LogP contribution in [0.4, 0.5) is 24.8 Å². The highest BCUT2D eigenvalue weighted by Crippen LogP contribution is 2.39. The Morgan fingerprint density at radius 1 is 1.24 bits per heavy atom. The number of benzene rings is 1. The van der Waals surface area contributed by atoms with Crippen LogP contribution in [-0.4, -0.2) is 16.5 Å². The molecule has 5 nitrogen and oxygen atoms in total. The molecule has 10 heteroatoms. The van der Waals surface area contributed by atoms with Crippen LogP contribution in [-0.2, 0) is 19.1 Å². The maximum absolute atomic E-state index is 13.4. The minimum Gasteiger partial charge on any atom is -0.323 e. The standard InChI is InChI=1S/C19H13ClF3N5S/c20-14-4-12-7-25-2-1-11(12)5-15(14)27-18-26-8-13(19(21,22)23)17(28-18)16-3-10(6-24)9-29-16/h3-5,8-9,25H,1-2,7H2,(H,26,27,28). The van der Waals surface area contributed by atoms with Crippen molar-refractivity contribution in [2.75, 3.05) is 11.9 Å². The molecule has 2 N–H and O–H groups in total. The number of rotatable bonds is 3. The van der Waals surface area contributed by atoms with Gasteiger partial charge in [-0.15, -0.1) is 11.3 Å². The van der Waals surface area contributed by atoms with Crippen molar-refractivity contribution in [3.8, 4) is 16.6 Å². The molecule has 1 aromatic carbocycles. The highest BCUT2D eigenvalue weighted by atomic mass is 35.5. The molecule has 1 aliphatic rings. The fourth-order valence-electron chi connectivity index (χ4n) is 3.08. The van der Waals surface area contributed by atoms with Gasteiger partial charge in [0, 0.05) is 18.1 Å². The van der Waals surface area contributed by atoms with Crippen molar-refractivity contribution in [1.29, 1.82) is 5.26 Å². The summed E-state index contributed by atoms with van der Waals surface area (Å²) in [6.07, 6.45) is -3.06. The topological polar surface area (TPSA) is 73.6 Å². The predicted octanol–water partition coefficient (Wildman–Crippen LogP) is 5.14. The van der Waals surface area contributed by atoms with E-state index < -0.39 is 11.7 Å². The summed E-state index contributed by atoms with van der Waals surface area (Å²) < 4.78 is 40.3.